The van der Waals surface area contributed by atoms with Crippen LogP contribution in [-0.4, -0.2) is 66.4 Å². The summed E-state index contributed by atoms with van der Waals surface area (Å²) in [5, 5.41) is 0. The molecule has 0 unspecified atom stereocenters. The third-order valence-corrected chi connectivity index (χ3v) is 0. The van der Waals surface area contributed by atoms with Gasteiger partial charge in [-0.1, -0.05) is 0 Å². The van der Waals surface area contributed by atoms with E-state index >= 15 is 0 Å². The van der Waals surface area contributed by atoms with Gasteiger partial charge in [0, 0.05) is 10.4 Å². The van der Waals surface area contributed by atoms with Crippen molar-refractivity contribution in [2.45, 2.75) is 0 Å². The average Bonchev–Trinajstić information content (AvgIpc) is 1.27. The van der Waals surface area contributed by atoms with Gasteiger partial charge in [0.1, 0.15) is 0 Å². The van der Waals surface area contributed by atoms with Crippen LogP contribution in [-0.2, 0) is 39.3 Å². The molecule has 0 radical (unpaired) electrons. The Morgan fingerprint density at radius 3 is 1.11 bits per heavy atom. The summed E-state index contributed by atoms with van der Waals surface area (Å²) in [6.45, 7) is 0. The van der Waals surface area contributed by atoms with Crippen LogP contribution >= 0.6 is 0 Å². The van der Waals surface area contributed by atoms with Crippen molar-refractivity contribution in [3.63, 3.8) is 0 Å². The van der Waals surface area contributed by atoms with Crippen LogP contribution in [0.25, 0.3) is 0 Å². The van der Waals surface area contributed by atoms with Gasteiger partial charge in [-0.15, -0.1) is 0 Å². The molecule has 0 bridgehead atoms. The molecule has 9 heavy (non-hydrogen) atoms. The molecule has 0 saturated carbocycles. The molecule has 0 aromatic carbocycles. The summed E-state index contributed by atoms with van der Waals surface area (Å²) >= 11 is -2.27. The minimum atomic E-state index is -5.17. The molecule has 0 rings (SSSR count). The van der Waals surface area contributed by atoms with Crippen molar-refractivity contribution >= 4 is 59.3 Å². The molecule has 0 aromatic rings. The Morgan fingerprint density at radius 2 is 1.11 bits per heavy atom. The number of hydrogen-bond donors (Lipinski definition) is 0. The van der Waals surface area contributed by atoms with E-state index < -0.39 is 33.6 Å². The topological polar surface area (TPSA) is 114 Å². The Kier molecular flexibility index (Phi) is 18.9. The molecule has 0 aliphatic heterocycles. The third kappa shape index (κ3) is 168. The zero-order valence-electron chi connectivity index (χ0n) is 4.06. The van der Waals surface area contributed by atoms with Gasteiger partial charge in [0.15, 0.2) is 0 Å². The second-order valence-electron chi connectivity index (χ2n) is 0.492. The van der Waals surface area contributed by atoms with E-state index in [-0.39, 0.29) is 48.9 Å². The van der Waals surface area contributed by atoms with E-state index in [0.29, 0.717) is 0 Å². The standard InChI is InChI=1S/Ba.H2O4S.2O.Zr/c;1-5(2,3)4;;;/h;(H2,1,2,3,4);;;/q+2;;;;/p-2. The van der Waals surface area contributed by atoms with Crippen LogP contribution in [0.1, 0.15) is 0 Å². The molecule has 0 spiro atoms. The summed E-state index contributed by atoms with van der Waals surface area (Å²) < 4.78 is 51.2. The first kappa shape index (κ1) is 17.1. The number of hydrogen-bond acceptors (Lipinski definition) is 6. The fourth-order valence-corrected chi connectivity index (χ4v) is 0. The van der Waals surface area contributed by atoms with E-state index in [2.05, 4.69) is 0 Å². The van der Waals surface area contributed by atoms with Crippen LogP contribution in [0.5, 0.6) is 0 Å². The second kappa shape index (κ2) is 9.92. The van der Waals surface area contributed by atoms with E-state index in [1.165, 1.54) is 0 Å². The van der Waals surface area contributed by atoms with Crippen LogP contribution < -0.4 is 0 Å². The SMILES string of the molecule is O=S(=O)([O-])[O-].[Ba+2].[O]=[Zr]=[O]. The Balaban J connectivity index is -0.0000000800. The Bertz CT molecular complexity index is 153. The van der Waals surface area contributed by atoms with Gasteiger partial charge in [-0.2, -0.15) is 0 Å². The first-order chi connectivity index (χ1) is 3.41. The molecular formula is BaO6SZr. The van der Waals surface area contributed by atoms with Crippen LogP contribution in [0.3, 0.4) is 0 Å². The molecule has 0 N–H and O–H groups in total. The van der Waals surface area contributed by atoms with Crippen LogP contribution in [0.2, 0.25) is 0 Å². The van der Waals surface area contributed by atoms with E-state index in [0.717, 1.165) is 0 Å². The van der Waals surface area contributed by atoms with E-state index in [1.54, 1.807) is 0 Å². The molecular weight excluding hydrogens is 357 g/mol. The van der Waals surface area contributed by atoms with Gasteiger partial charge in [-0.3, -0.25) is 8.42 Å². The van der Waals surface area contributed by atoms with Gasteiger partial charge < -0.3 is 9.11 Å². The summed E-state index contributed by atoms with van der Waals surface area (Å²) in [5.41, 5.74) is 0. The molecule has 0 aliphatic rings. The van der Waals surface area contributed by atoms with Gasteiger partial charge in [0.2, 0.25) is 0 Å². The fourth-order valence-electron chi connectivity index (χ4n) is 0. The maximum absolute atomic E-state index is 8.54. The van der Waals surface area contributed by atoms with Gasteiger partial charge >= 0.3 is 77.8 Å². The quantitative estimate of drug-likeness (QED) is 0.283. The first-order valence-electron chi connectivity index (χ1n) is 1.07. The molecule has 6 nitrogen and oxygen atoms in total. The Hall–Kier alpha value is 1.92. The molecule has 0 saturated heterocycles. The van der Waals surface area contributed by atoms with Crippen molar-refractivity contribution in [1.29, 1.82) is 0 Å². The predicted molar refractivity (Wildman–Crippen MR) is 17.6 cm³/mol. The number of rotatable bonds is 0. The van der Waals surface area contributed by atoms with E-state index in [9.17, 15) is 0 Å². The van der Waals surface area contributed by atoms with Crippen molar-refractivity contribution in [3.8, 4) is 0 Å². The van der Waals surface area contributed by atoms with Crippen molar-refractivity contribution in [3.05, 3.63) is 0 Å². The summed E-state index contributed by atoms with van der Waals surface area (Å²) in [6, 6.07) is 0. The Labute approximate surface area is 104 Å². The summed E-state index contributed by atoms with van der Waals surface area (Å²) in [6.07, 6.45) is 0. The fraction of sp³-hybridized carbons (Fsp3) is 0. The molecule has 0 amide bonds. The molecule has 9 heteroatoms. The molecule has 0 aromatic heterocycles. The van der Waals surface area contributed by atoms with Crippen molar-refractivity contribution in [2.75, 3.05) is 0 Å². The van der Waals surface area contributed by atoms with Crippen molar-refractivity contribution < 1.29 is 46.4 Å². The molecule has 0 atom stereocenters. The van der Waals surface area contributed by atoms with Gasteiger partial charge in [0.25, 0.3) is 0 Å². The molecule has 0 fully saturated rings. The second-order valence-corrected chi connectivity index (χ2v) is 1.72. The van der Waals surface area contributed by atoms with Crippen LogP contribution in [0.15, 0.2) is 0 Å². The average molecular weight is 357 g/mol. The molecule has 0 aliphatic carbocycles. The molecule has 0 heterocycles. The summed E-state index contributed by atoms with van der Waals surface area (Å²) in [5.74, 6) is 0. The van der Waals surface area contributed by atoms with Crippen LogP contribution in [0.4, 0.5) is 0 Å². The van der Waals surface area contributed by atoms with Gasteiger partial charge in [-0.05, 0) is 0 Å². The van der Waals surface area contributed by atoms with E-state index in [1.807, 2.05) is 0 Å². The van der Waals surface area contributed by atoms with Crippen LogP contribution in [0, 0.1) is 0 Å². The third-order valence-electron chi connectivity index (χ3n) is 0. The zero-order chi connectivity index (χ0) is 7.21. The molecule has 48 valence electrons. The van der Waals surface area contributed by atoms with Crippen molar-refractivity contribution in [1.82, 2.24) is 0 Å². The monoisotopic (exact) mass is 356 g/mol. The summed E-state index contributed by atoms with van der Waals surface area (Å²) in [4.78, 5) is 0. The Morgan fingerprint density at radius 1 is 1.11 bits per heavy atom. The van der Waals surface area contributed by atoms with E-state index in [4.69, 9.17) is 23.1 Å². The predicted octanol–water partition coefficient (Wildman–Crippen LogP) is -1.96. The van der Waals surface area contributed by atoms with Crippen molar-refractivity contribution in [2.24, 2.45) is 0 Å². The zero-order valence-corrected chi connectivity index (χ0v) is 11.8. The minimum absolute atomic E-state index is 0. The normalized spacial score (nSPS) is 7.33. The van der Waals surface area contributed by atoms with Gasteiger partial charge in [0.05, 0.1) is 0 Å². The van der Waals surface area contributed by atoms with Gasteiger partial charge in [-0.25, -0.2) is 0 Å². The summed E-state index contributed by atoms with van der Waals surface area (Å²) in [7, 11) is -5.17. The maximum atomic E-state index is 8.54. The first-order valence-corrected chi connectivity index (χ1v) is 4.42.